The number of aromatic nitrogens is 2. The molecule has 0 spiro atoms. The fourth-order valence-electron chi connectivity index (χ4n) is 3.33. The molecule has 1 aromatic heterocycles. The van der Waals surface area contributed by atoms with Gasteiger partial charge in [0.25, 0.3) is 5.91 Å². The highest BCUT2D eigenvalue weighted by atomic mass is 32.2. The van der Waals surface area contributed by atoms with Crippen LogP contribution < -0.4 is 15.2 Å². The van der Waals surface area contributed by atoms with E-state index in [0.717, 1.165) is 11.1 Å². The van der Waals surface area contributed by atoms with Gasteiger partial charge in [0.2, 0.25) is 5.88 Å². The van der Waals surface area contributed by atoms with Crippen molar-refractivity contribution < 1.29 is 13.7 Å². The zero-order valence-electron chi connectivity index (χ0n) is 16.8. The summed E-state index contributed by atoms with van der Waals surface area (Å²) in [6.07, 6.45) is 0. The van der Waals surface area contributed by atoms with Gasteiger partial charge in [-0.3, -0.25) is 4.79 Å². The van der Waals surface area contributed by atoms with E-state index in [9.17, 15) is 9.00 Å². The Balaban J connectivity index is 2.08. The number of rotatable bonds is 4. The minimum Gasteiger partial charge on any atom is -0.476 e. The molecule has 4 N–H and O–H groups in total. The van der Waals surface area contributed by atoms with Crippen LogP contribution in [-0.4, -0.2) is 26.5 Å². The zero-order chi connectivity index (χ0) is 20.9. The average molecular weight is 406 g/mol. The molecule has 0 aliphatic carbocycles. The maximum Gasteiger partial charge on any atom is 0.277 e. The van der Waals surface area contributed by atoms with Crippen molar-refractivity contribution in [3.8, 4) is 5.88 Å². The Bertz CT molecular complexity index is 1040. The van der Waals surface area contributed by atoms with Crippen molar-refractivity contribution in [2.24, 2.45) is 10.6 Å². The highest BCUT2D eigenvalue weighted by molar-refractivity contribution is 7.90. The normalized spacial score (nSPS) is 17.5. The van der Waals surface area contributed by atoms with Gasteiger partial charge in [0.05, 0.1) is 13.2 Å². The summed E-state index contributed by atoms with van der Waals surface area (Å²) in [6.45, 7) is 10.8. The second-order valence-corrected chi connectivity index (χ2v) is 9.95. The number of anilines is 1. The van der Waals surface area contributed by atoms with Gasteiger partial charge in [-0.25, -0.2) is 18.8 Å². The van der Waals surface area contributed by atoms with Gasteiger partial charge in [0.1, 0.15) is 9.92 Å². The van der Waals surface area contributed by atoms with Crippen LogP contribution in [0.1, 0.15) is 55.2 Å². The Labute approximate surface area is 165 Å². The molecule has 0 fully saturated rings. The van der Waals surface area contributed by atoms with Crippen molar-refractivity contribution in [1.29, 1.82) is 4.78 Å². The number of para-hydroxylation sites is 1. The smallest absolute Gasteiger partial charge is 0.277 e. The van der Waals surface area contributed by atoms with E-state index in [0.29, 0.717) is 18.8 Å². The molecule has 152 valence electrons. The van der Waals surface area contributed by atoms with Crippen LogP contribution in [0.25, 0.3) is 0 Å². The van der Waals surface area contributed by atoms with Gasteiger partial charge in [-0.1, -0.05) is 45.9 Å². The van der Waals surface area contributed by atoms with Gasteiger partial charge in [-0.2, -0.15) is 5.10 Å². The number of fused-ring (bicyclic) bond motifs is 1. The summed E-state index contributed by atoms with van der Waals surface area (Å²) in [7, 11) is -3.71. The van der Waals surface area contributed by atoms with E-state index in [1.54, 1.807) is 0 Å². The molecule has 3 rings (SSSR count). The Morgan fingerprint density at radius 2 is 2.11 bits per heavy atom. The summed E-state index contributed by atoms with van der Waals surface area (Å²) in [4.78, 5) is 12.9. The number of benzene rings is 1. The number of nitrogens with one attached hydrogen (secondary N) is 2. The number of carbonyl (C=O) groups excluding carboxylic acids is 1. The first-order valence-corrected chi connectivity index (χ1v) is 10.7. The van der Waals surface area contributed by atoms with Gasteiger partial charge in [-0.05, 0) is 24.0 Å². The SMILES string of the molecule is Cc1cccc(C(C)C)c1NC(=O)c1nn2c(c1S(=N)(N)=O)OCC(C)(C)C2. The minimum atomic E-state index is -3.71. The van der Waals surface area contributed by atoms with Crippen LogP contribution >= 0.6 is 0 Å². The predicted molar refractivity (Wildman–Crippen MR) is 108 cm³/mol. The van der Waals surface area contributed by atoms with Crippen molar-refractivity contribution >= 4 is 21.5 Å². The molecule has 28 heavy (non-hydrogen) atoms. The second-order valence-electron chi connectivity index (χ2n) is 8.34. The third-order valence-corrected chi connectivity index (χ3v) is 5.70. The van der Waals surface area contributed by atoms with Crippen LogP contribution in [0.4, 0.5) is 5.69 Å². The van der Waals surface area contributed by atoms with Crippen LogP contribution in [0.5, 0.6) is 5.88 Å². The van der Waals surface area contributed by atoms with Gasteiger partial charge in [-0.15, -0.1) is 0 Å². The van der Waals surface area contributed by atoms with Crippen molar-refractivity contribution in [2.45, 2.75) is 52.0 Å². The molecule has 1 unspecified atom stereocenters. The number of aryl methyl sites for hydroxylation is 1. The Morgan fingerprint density at radius 3 is 2.71 bits per heavy atom. The zero-order valence-corrected chi connectivity index (χ0v) is 17.6. The standard InChI is InChI=1S/C19H27N5O3S/c1-11(2)13-8-6-7-12(3)14(13)22-17(25)15-16(28(20,21)26)18-24(23-15)9-19(4,5)10-27-18/h6-8,11H,9-10H2,1-5H3,(H,22,25)(H3,20,21,26). The van der Waals surface area contributed by atoms with E-state index in [2.05, 4.69) is 10.4 Å². The first-order valence-electron chi connectivity index (χ1n) is 9.12. The highest BCUT2D eigenvalue weighted by Crippen LogP contribution is 2.36. The van der Waals surface area contributed by atoms with Gasteiger partial charge in [0.15, 0.2) is 10.6 Å². The molecule has 1 aliphatic rings. The van der Waals surface area contributed by atoms with Crippen molar-refractivity contribution in [2.75, 3.05) is 11.9 Å². The van der Waals surface area contributed by atoms with Crippen molar-refractivity contribution in [3.05, 3.63) is 35.0 Å². The summed E-state index contributed by atoms with van der Waals surface area (Å²) in [5.74, 6) is -0.218. The molecule has 1 aromatic carbocycles. The number of amides is 1. The van der Waals surface area contributed by atoms with E-state index < -0.39 is 15.8 Å². The van der Waals surface area contributed by atoms with Gasteiger partial charge < -0.3 is 10.1 Å². The largest absolute Gasteiger partial charge is 0.476 e. The van der Waals surface area contributed by atoms with Crippen molar-refractivity contribution in [1.82, 2.24) is 9.78 Å². The Morgan fingerprint density at radius 1 is 1.43 bits per heavy atom. The van der Waals surface area contributed by atoms with E-state index in [4.69, 9.17) is 14.7 Å². The lowest BCUT2D eigenvalue weighted by molar-refractivity contribution is 0.0967. The van der Waals surface area contributed by atoms with Crippen LogP contribution in [0.15, 0.2) is 23.1 Å². The van der Waals surface area contributed by atoms with Crippen molar-refractivity contribution in [3.63, 3.8) is 0 Å². The van der Waals surface area contributed by atoms with E-state index in [1.165, 1.54) is 4.68 Å². The van der Waals surface area contributed by atoms with Gasteiger partial charge >= 0.3 is 0 Å². The summed E-state index contributed by atoms with van der Waals surface area (Å²) < 4.78 is 27.5. The van der Waals surface area contributed by atoms with E-state index >= 15 is 0 Å². The highest BCUT2D eigenvalue weighted by Gasteiger charge is 2.36. The molecule has 0 saturated heterocycles. The third-order valence-electron chi connectivity index (χ3n) is 4.73. The first-order chi connectivity index (χ1) is 12.9. The third kappa shape index (κ3) is 3.77. The lowest BCUT2D eigenvalue weighted by Crippen LogP contribution is -2.33. The number of hydrogen-bond donors (Lipinski definition) is 3. The fraction of sp³-hybridized carbons (Fsp3) is 0.474. The summed E-state index contributed by atoms with van der Waals surface area (Å²) in [5, 5.41) is 12.8. The summed E-state index contributed by atoms with van der Waals surface area (Å²) in [6, 6.07) is 5.80. The molecule has 9 heteroatoms. The lowest BCUT2D eigenvalue weighted by Gasteiger charge is -2.30. The average Bonchev–Trinajstić information content (AvgIpc) is 2.93. The number of carbonyl (C=O) groups is 1. The van der Waals surface area contributed by atoms with Crippen LogP contribution in [0.2, 0.25) is 0 Å². The molecule has 0 bridgehead atoms. The Kier molecular flexibility index (Phi) is 5.01. The summed E-state index contributed by atoms with van der Waals surface area (Å²) >= 11 is 0. The van der Waals surface area contributed by atoms with Crippen LogP contribution in [0, 0.1) is 17.1 Å². The molecule has 2 heterocycles. The fourth-order valence-corrected chi connectivity index (χ4v) is 4.17. The molecule has 1 aliphatic heterocycles. The number of ether oxygens (including phenoxy) is 1. The van der Waals surface area contributed by atoms with Gasteiger partial charge in [0, 0.05) is 11.1 Å². The lowest BCUT2D eigenvalue weighted by atomic mass is 9.94. The van der Waals surface area contributed by atoms with E-state index in [1.807, 2.05) is 52.8 Å². The Hall–Kier alpha value is -2.39. The first kappa shape index (κ1) is 20.3. The second kappa shape index (κ2) is 6.89. The quantitative estimate of drug-likeness (QED) is 0.722. The molecule has 2 aromatic rings. The number of nitrogens with zero attached hydrogens (tertiary/aromatic N) is 2. The van der Waals surface area contributed by atoms with Crippen LogP contribution in [0.3, 0.4) is 0 Å². The molecule has 0 radical (unpaired) electrons. The maximum atomic E-state index is 13.1. The molecule has 1 amide bonds. The molecular formula is C19H27N5O3S. The molecule has 1 atom stereocenters. The van der Waals surface area contributed by atoms with Crippen LogP contribution in [-0.2, 0) is 16.5 Å². The molecule has 8 nitrogen and oxygen atoms in total. The topological polar surface area (TPSA) is 123 Å². The molecular weight excluding hydrogens is 378 g/mol. The monoisotopic (exact) mass is 405 g/mol. The summed E-state index contributed by atoms with van der Waals surface area (Å²) in [5.41, 5.74) is 2.24. The maximum absolute atomic E-state index is 13.1. The predicted octanol–water partition coefficient (Wildman–Crippen LogP) is 3.27. The van der Waals surface area contributed by atoms with E-state index in [-0.39, 0.29) is 27.8 Å². The number of nitrogens with two attached hydrogens (primary N) is 1. The molecule has 0 saturated carbocycles. The number of hydrogen-bond acceptors (Lipinski definition) is 5. The minimum absolute atomic E-state index is 0.131.